The second-order valence-corrected chi connectivity index (χ2v) is 5.81. The number of rotatable bonds is 9. The highest BCUT2D eigenvalue weighted by Gasteiger charge is 2.39. The number of aryl methyl sites for hydroxylation is 2. The standard InChI is InChI=1S/C16H33N5/c1-7-16(8-2,21(9-3)10-4)15(18-17)12-14-11-13(5)19-20(14)6/h11,15,18H,7-10,12,17H2,1-6H3. The summed E-state index contributed by atoms with van der Waals surface area (Å²) in [5.74, 6) is 5.96. The number of nitrogens with two attached hydrogens (primary N) is 1. The Kier molecular flexibility index (Phi) is 6.84. The van der Waals surface area contributed by atoms with Crippen LogP contribution in [0.1, 0.15) is 51.9 Å². The van der Waals surface area contributed by atoms with Gasteiger partial charge in [0.05, 0.1) is 5.69 Å². The van der Waals surface area contributed by atoms with E-state index >= 15 is 0 Å². The minimum Gasteiger partial charge on any atom is -0.297 e. The Labute approximate surface area is 129 Å². The van der Waals surface area contributed by atoms with Gasteiger partial charge in [-0.05, 0) is 38.9 Å². The van der Waals surface area contributed by atoms with Gasteiger partial charge in [-0.15, -0.1) is 0 Å². The number of aromatic nitrogens is 2. The molecule has 3 N–H and O–H groups in total. The van der Waals surface area contributed by atoms with Crippen LogP contribution in [0.4, 0.5) is 0 Å². The molecule has 0 aliphatic carbocycles. The van der Waals surface area contributed by atoms with Crippen LogP contribution in [0.3, 0.4) is 0 Å². The maximum atomic E-state index is 5.96. The molecule has 1 aromatic rings. The van der Waals surface area contributed by atoms with E-state index in [1.54, 1.807) is 0 Å². The van der Waals surface area contributed by atoms with Gasteiger partial charge in [0, 0.05) is 30.7 Å². The molecule has 0 aliphatic heterocycles. The monoisotopic (exact) mass is 295 g/mol. The average Bonchev–Trinajstić information content (AvgIpc) is 2.80. The molecule has 122 valence electrons. The number of hydrazine groups is 1. The van der Waals surface area contributed by atoms with Crippen molar-refractivity contribution in [3.8, 4) is 0 Å². The van der Waals surface area contributed by atoms with Crippen molar-refractivity contribution in [3.63, 3.8) is 0 Å². The Hall–Kier alpha value is -0.910. The molecule has 1 rings (SSSR count). The molecule has 0 aliphatic rings. The molecule has 0 saturated heterocycles. The lowest BCUT2D eigenvalue weighted by atomic mass is 9.80. The van der Waals surface area contributed by atoms with Gasteiger partial charge in [-0.25, -0.2) is 0 Å². The largest absolute Gasteiger partial charge is 0.297 e. The van der Waals surface area contributed by atoms with Crippen LogP contribution in [0.5, 0.6) is 0 Å². The van der Waals surface area contributed by atoms with Gasteiger partial charge in [0.15, 0.2) is 0 Å². The molecule has 5 heteroatoms. The molecule has 0 aromatic carbocycles. The second kappa shape index (κ2) is 7.92. The Balaban J connectivity index is 3.10. The third-order valence-electron chi connectivity index (χ3n) is 4.98. The van der Waals surface area contributed by atoms with Crippen molar-refractivity contribution in [3.05, 3.63) is 17.5 Å². The molecule has 5 nitrogen and oxygen atoms in total. The summed E-state index contributed by atoms with van der Waals surface area (Å²) in [6, 6.07) is 2.37. The van der Waals surface area contributed by atoms with Gasteiger partial charge in [-0.1, -0.05) is 27.7 Å². The first-order valence-electron chi connectivity index (χ1n) is 8.19. The summed E-state index contributed by atoms with van der Waals surface area (Å²) in [6.07, 6.45) is 3.06. The normalized spacial score (nSPS) is 13.9. The summed E-state index contributed by atoms with van der Waals surface area (Å²) in [4.78, 5) is 2.54. The molecule has 1 unspecified atom stereocenters. The molecule has 1 heterocycles. The molecule has 0 fully saturated rings. The Morgan fingerprint density at radius 1 is 1.29 bits per heavy atom. The molecule has 0 spiro atoms. The van der Waals surface area contributed by atoms with E-state index in [2.05, 4.69) is 49.2 Å². The van der Waals surface area contributed by atoms with Crippen molar-refractivity contribution in [2.75, 3.05) is 13.1 Å². The zero-order chi connectivity index (χ0) is 16.0. The number of nitrogens with one attached hydrogen (secondary N) is 1. The van der Waals surface area contributed by atoms with Crippen LogP contribution in [-0.2, 0) is 13.5 Å². The van der Waals surface area contributed by atoms with E-state index in [4.69, 9.17) is 5.84 Å². The van der Waals surface area contributed by atoms with Gasteiger partial charge in [0.1, 0.15) is 0 Å². The molecular formula is C16H33N5. The van der Waals surface area contributed by atoms with E-state index < -0.39 is 0 Å². The van der Waals surface area contributed by atoms with E-state index in [1.807, 2.05) is 18.7 Å². The fourth-order valence-corrected chi connectivity index (χ4v) is 3.73. The van der Waals surface area contributed by atoms with Crippen molar-refractivity contribution >= 4 is 0 Å². The Morgan fingerprint density at radius 2 is 1.86 bits per heavy atom. The Morgan fingerprint density at radius 3 is 2.19 bits per heavy atom. The minimum atomic E-state index is 0.0798. The molecule has 1 aromatic heterocycles. The third kappa shape index (κ3) is 3.65. The van der Waals surface area contributed by atoms with Crippen molar-refractivity contribution < 1.29 is 0 Å². The van der Waals surface area contributed by atoms with Crippen LogP contribution in [0.2, 0.25) is 0 Å². The van der Waals surface area contributed by atoms with E-state index in [-0.39, 0.29) is 11.6 Å². The fourth-order valence-electron chi connectivity index (χ4n) is 3.73. The van der Waals surface area contributed by atoms with Gasteiger partial charge in [-0.3, -0.25) is 20.9 Å². The van der Waals surface area contributed by atoms with Crippen LogP contribution < -0.4 is 11.3 Å². The predicted octanol–water partition coefficient (Wildman–Crippen LogP) is 2.00. The highest BCUT2D eigenvalue weighted by atomic mass is 15.3. The van der Waals surface area contributed by atoms with Gasteiger partial charge in [0.25, 0.3) is 0 Å². The zero-order valence-corrected chi connectivity index (χ0v) is 14.6. The van der Waals surface area contributed by atoms with Crippen molar-refractivity contribution in [1.29, 1.82) is 0 Å². The minimum absolute atomic E-state index is 0.0798. The first-order valence-corrected chi connectivity index (χ1v) is 8.19. The van der Waals surface area contributed by atoms with E-state index in [9.17, 15) is 0 Å². The third-order valence-corrected chi connectivity index (χ3v) is 4.98. The number of nitrogens with zero attached hydrogens (tertiary/aromatic N) is 3. The number of hydrogen-bond acceptors (Lipinski definition) is 4. The first kappa shape index (κ1) is 18.1. The lowest BCUT2D eigenvalue weighted by Crippen LogP contribution is -2.63. The molecule has 0 saturated carbocycles. The van der Waals surface area contributed by atoms with Gasteiger partial charge >= 0.3 is 0 Å². The molecular weight excluding hydrogens is 262 g/mol. The van der Waals surface area contributed by atoms with Crippen LogP contribution >= 0.6 is 0 Å². The van der Waals surface area contributed by atoms with Crippen LogP contribution in [0.15, 0.2) is 6.07 Å². The summed E-state index contributed by atoms with van der Waals surface area (Å²) in [6.45, 7) is 13.1. The molecule has 0 bridgehead atoms. The van der Waals surface area contributed by atoms with Crippen LogP contribution in [0.25, 0.3) is 0 Å². The van der Waals surface area contributed by atoms with Gasteiger partial charge in [0.2, 0.25) is 0 Å². The second-order valence-electron chi connectivity index (χ2n) is 5.81. The summed E-state index contributed by atoms with van der Waals surface area (Å²) in [5.41, 5.74) is 5.47. The zero-order valence-electron chi connectivity index (χ0n) is 14.6. The molecule has 0 amide bonds. The average molecular weight is 295 g/mol. The van der Waals surface area contributed by atoms with Crippen molar-refractivity contribution in [2.24, 2.45) is 12.9 Å². The SMILES string of the molecule is CCN(CC)C(CC)(CC)C(Cc1cc(C)nn1C)NN. The maximum absolute atomic E-state index is 5.96. The number of likely N-dealkylation sites (N-methyl/N-ethyl adjacent to an activating group) is 1. The predicted molar refractivity (Wildman–Crippen MR) is 89.0 cm³/mol. The molecule has 0 radical (unpaired) electrons. The smallest absolute Gasteiger partial charge is 0.0596 e. The lowest BCUT2D eigenvalue weighted by Gasteiger charge is -2.47. The summed E-state index contributed by atoms with van der Waals surface area (Å²) in [5, 5.41) is 4.45. The van der Waals surface area contributed by atoms with Crippen molar-refractivity contribution in [1.82, 2.24) is 20.1 Å². The summed E-state index contributed by atoms with van der Waals surface area (Å²) < 4.78 is 1.97. The fraction of sp³-hybridized carbons (Fsp3) is 0.812. The Bertz CT molecular complexity index is 418. The van der Waals surface area contributed by atoms with E-state index in [1.165, 1.54) is 5.69 Å². The number of hydrogen-bond donors (Lipinski definition) is 2. The van der Waals surface area contributed by atoms with E-state index in [0.29, 0.717) is 0 Å². The highest BCUT2D eigenvalue weighted by Crippen LogP contribution is 2.29. The summed E-state index contributed by atoms with van der Waals surface area (Å²) >= 11 is 0. The van der Waals surface area contributed by atoms with Crippen LogP contribution in [0, 0.1) is 6.92 Å². The van der Waals surface area contributed by atoms with E-state index in [0.717, 1.165) is 38.0 Å². The first-order chi connectivity index (χ1) is 9.98. The maximum Gasteiger partial charge on any atom is 0.0596 e. The topological polar surface area (TPSA) is 59.1 Å². The van der Waals surface area contributed by atoms with Crippen LogP contribution in [-0.4, -0.2) is 39.4 Å². The van der Waals surface area contributed by atoms with Gasteiger partial charge < -0.3 is 0 Å². The highest BCUT2D eigenvalue weighted by molar-refractivity contribution is 5.13. The summed E-state index contributed by atoms with van der Waals surface area (Å²) in [7, 11) is 2.01. The quantitative estimate of drug-likeness (QED) is 0.540. The molecule has 21 heavy (non-hydrogen) atoms. The van der Waals surface area contributed by atoms with Gasteiger partial charge in [-0.2, -0.15) is 5.10 Å². The lowest BCUT2D eigenvalue weighted by molar-refractivity contribution is 0.0486. The van der Waals surface area contributed by atoms with Crippen molar-refractivity contribution in [2.45, 2.75) is 65.5 Å². The molecule has 1 atom stereocenters.